The molecule has 0 aromatic carbocycles. The molecule has 0 aliphatic rings. The van der Waals surface area contributed by atoms with Gasteiger partial charge in [-0.2, -0.15) is 0 Å². The number of ether oxygens (including phenoxy) is 1. The number of nitrogens with one attached hydrogen (secondary N) is 1. The summed E-state index contributed by atoms with van der Waals surface area (Å²) in [6, 6.07) is 0. The van der Waals surface area contributed by atoms with E-state index >= 15 is 0 Å². The number of aromatic carboxylic acids is 1. The molecule has 0 spiro atoms. The summed E-state index contributed by atoms with van der Waals surface area (Å²) in [6.07, 6.45) is 2.69. The molecule has 118 valence electrons. The van der Waals surface area contributed by atoms with Gasteiger partial charge in [0.2, 0.25) is 5.78 Å². The lowest BCUT2D eigenvalue weighted by Crippen LogP contribution is -2.27. The maximum atomic E-state index is 11.7. The number of imidazole rings is 1. The molecule has 2 N–H and O–H groups in total. The highest BCUT2D eigenvalue weighted by molar-refractivity contribution is 5.89. The molecule has 0 aliphatic heterocycles. The van der Waals surface area contributed by atoms with Crippen molar-refractivity contribution in [3.8, 4) is 0 Å². The number of hydrogen-bond acceptors (Lipinski definition) is 5. The van der Waals surface area contributed by atoms with E-state index in [9.17, 15) is 14.7 Å². The fraction of sp³-hybridized carbons (Fsp3) is 0.429. The van der Waals surface area contributed by atoms with Crippen LogP contribution in [0.4, 0.5) is 10.5 Å². The highest BCUT2D eigenvalue weighted by Crippen LogP contribution is 2.16. The third-order valence-corrected chi connectivity index (χ3v) is 2.73. The molecular formula is C14H18N4O4. The van der Waals surface area contributed by atoms with Crippen molar-refractivity contribution in [3.05, 3.63) is 23.8 Å². The Morgan fingerprint density at radius 3 is 2.64 bits per heavy atom. The number of hydrogen-bond donors (Lipinski definition) is 2. The Morgan fingerprint density at radius 2 is 2.09 bits per heavy atom. The Bertz CT molecular complexity index is 730. The van der Waals surface area contributed by atoms with Crippen LogP contribution in [0.25, 0.3) is 5.78 Å². The maximum absolute atomic E-state index is 11.7. The SMILES string of the molecule is CCc1nc2ncc(NC(=O)OC(C)(C)C)cn2c1C(=O)O. The number of anilines is 1. The molecule has 1 amide bonds. The first-order chi connectivity index (χ1) is 10.2. The van der Waals surface area contributed by atoms with Crippen molar-refractivity contribution in [2.75, 3.05) is 5.32 Å². The van der Waals surface area contributed by atoms with Gasteiger partial charge in [0.1, 0.15) is 5.60 Å². The van der Waals surface area contributed by atoms with E-state index in [0.717, 1.165) is 0 Å². The summed E-state index contributed by atoms with van der Waals surface area (Å²) in [5, 5.41) is 11.8. The molecule has 2 aromatic heterocycles. The van der Waals surface area contributed by atoms with Crippen LogP contribution >= 0.6 is 0 Å². The van der Waals surface area contributed by atoms with Crippen LogP contribution in [-0.2, 0) is 11.2 Å². The Morgan fingerprint density at radius 1 is 1.41 bits per heavy atom. The van der Waals surface area contributed by atoms with Crippen LogP contribution < -0.4 is 5.32 Å². The molecule has 0 saturated carbocycles. The third kappa shape index (κ3) is 3.33. The molecule has 8 heteroatoms. The smallest absolute Gasteiger partial charge is 0.412 e. The summed E-state index contributed by atoms with van der Waals surface area (Å²) in [5.74, 6) is -0.829. The third-order valence-electron chi connectivity index (χ3n) is 2.73. The fourth-order valence-electron chi connectivity index (χ4n) is 1.94. The van der Waals surface area contributed by atoms with Crippen molar-refractivity contribution in [1.29, 1.82) is 0 Å². The maximum Gasteiger partial charge on any atom is 0.412 e. The topological polar surface area (TPSA) is 106 Å². The van der Waals surface area contributed by atoms with E-state index in [4.69, 9.17) is 4.74 Å². The molecule has 2 rings (SSSR count). The van der Waals surface area contributed by atoms with Gasteiger partial charge in [-0.05, 0) is 27.2 Å². The van der Waals surface area contributed by atoms with E-state index in [0.29, 0.717) is 17.8 Å². The molecule has 2 aromatic rings. The number of aryl methyl sites for hydroxylation is 1. The minimum Gasteiger partial charge on any atom is -0.477 e. The number of nitrogens with zero attached hydrogens (tertiary/aromatic N) is 3. The molecule has 0 atom stereocenters. The van der Waals surface area contributed by atoms with Gasteiger partial charge in [0.05, 0.1) is 17.6 Å². The van der Waals surface area contributed by atoms with Crippen molar-refractivity contribution in [3.63, 3.8) is 0 Å². The van der Waals surface area contributed by atoms with E-state index in [2.05, 4.69) is 15.3 Å². The van der Waals surface area contributed by atoms with E-state index in [1.165, 1.54) is 16.8 Å². The van der Waals surface area contributed by atoms with Gasteiger partial charge in [-0.25, -0.2) is 19.6 Å². The summed E-state index contributed by atoms with van der Waals surface area (Å²) in [6.45, 7) is 7.06. The highest BCUT2D eigenvalue weighted by atomic mass is 16.6. The standard InChI is InChI=1S/C14H18N4O4/c1-5-9-10(11(19)20)18-7-8(6-15-12(18)17-9)16-13(21)22-14(2,3)4/h6-7H,5H2,1-4H3,(H,16,21)(H,19,20). The summed E-state index contributed by atoms with van der Waals surface area (Å²) in [7, 11) is 0. The number of carbonyl (C=O) groups is 2. The molecule has 2 heterocycles. The van der Waals surface area contributed by atoms with Crippen LogP contribution in [-0.4, -0.2) is 37.1 Å². The van der Waals surface area contributed by atoms with Crippen LogP contribution in [0, 0.1) is 0 Å². The van der Waals surface area contributed by atoms with Gasteiger partial charge in [0, 0.05) is 6.20 Å². The van der Waals surface area contributed by atoms with Gasteiger partial charge in [0.15, 0.2) is 5.69 Å². The molecule has 0 fully saturated rings. The first kappa shape index (κ1) is 15.7. The molecular weight excluding hydrogens is 288 g/mol. The molecule has 0 radical (unpaired) electrons. The lowest BCUT2D eigenvalue weighted by molar-refractivity contribution is 0.0634. The Labute approximate surface area is 127 Å². The van der Waals surface area contributed by atoms with Gasteiger partial charge in [-0.3, -0.25) is 9.72 Å². The quantitative estimate of drug-likeness (QED) is 0.901. The normalized spacial score (nSPS) is 11.5. The molecule has 0 aliphatic carbocycles. The van der Waals surface area contributed by atoms with Gasteiger partial charge in [-0.1, -0.05) is 6.92 Å². The fourth-order valence-corrected chi connectivity index (χ4v) is 1.94. The zero-order valence-corrected chi connectivity index (χ0v) is 12.9. The average Bonchev–Trinajstić information content (AvgIpc) is 2.74. The van der Waals surface area contributed by atoms with Gasteiger partial charge < -0.3 is 9.84 Å². The first-order valence-corrected chi connectivity index (χ1v) is 6.81. The lowest BCUT2D eigenvalue weighted by atomic mass is 10.2. The largest absolute Gasteiger partial charge is 0.477 e. The zero-order chi connectivity index (χ0) is 16.5. The van der Waals surface area contributed by atoms with Gasteiger partial charge >= 0.3 is 12.1 Å². The molecule has 22 heavy (non-hydrogen) atoms. The van der Waals surface area contributed by atoms with Gasteiger partial charge in [-0.15, -0.1) is 0 Å². The average molecular weight is 306 g/mol. The number of fused-ring (bicyclic) bond motifs is 1. The highest BCUT2D eigenvalue weighted by Gasteiger charge is 2.20. The van der Waals surface area contributed by atoms with E-state index in [1.807, 2.05) is 6.92 Å². The monoisotopic (exact) mass is 306 g/mol. The van der Waals surface area contributed by atoms with Crippen LogP contribution in [0.2, 0.25) is 0 Å². The Balaban J connectivity index is 2.36. The molecule has 0 bridgehead atoms. The van der Waals surface area contributed by atoms with Crippen molar-refractivity contribution < 1.29 is 19.4 Å². The number of carboxylic acid groups (broad SMARTS) is 1. The summed E-state index contributed by atoms with van der Waals surface area (Å²) in [4.78, 5) is 31.3. The summed E-state index contributed by atoms with van der Waals surface area (Å²) < 4.78 is 6.48. The van der Waals surface area contributed by atoms with Crippen LogP contribution in [0.3, 0.4) is 0 Å². The van der Waals surface area contributed by atoms with E-state index in [1.54, 1.807) is 20.8 Å². The predicted molar refractivity (Wildman–Crippen MR) is 79.2 cm³/mol. The molecule has 8 nitrogen and oxygen atoms in total. The lowest BCUT2D eigenvalue weighted by Gasteiger charge is -2.19. The number of rotatable bonds is 3. The van der Waals surface area contributed by atoms with Gasteiger partial charge in [0.25, 0.3) is 0 Å². The minimum atomic E-state index is -1.10. The first-order valence-electron chi connectivity index (χ1n) is 6.81. The molecule has 0 saturated heterocycles. The van der Waals surface area contributed by atoms with Crippen molar-refractivity contribution in [2.24, 2.45) is 0 Å². The second kappa shape index (κ2) is 5.63. The van der Waals surface area contributed by atoms with Crippen molar-refractivity contribution in [1.82, 2.24) is 14.4 Å². The predicted octanol–water partition coefficient (Wildman–Crippen LogP) is 2.34. The number of carbonyl (C=O) groups excluding carboxylic acids is 1. The second-order valence-electron chi connectivity index (χ2n) is 5.71. The zero-order valence-electron chi connectivity index (χ0n) is 12.9. The van der Waals surface area contributed by atoms with E-state index in [-0.39, 0.29) is 11.5 Å². The molecule has 0 unspecified atom stereocenters. The van der Waals surface area contributed by atoms with Crippen LogP contribution in [0.5, 0.6) is 0 Å². The van der Waals surface area contributed by atoms with Crippen LogP contribution in [0.15, 0.2) is 12.4 Å². The van der Waals surface area contributed by atoms with Crippen molar-refractivity contribution in [2.45, 2.75) is 39.7 Å². The number of carboxylic acids is 1. The van der Waals surface area contributed by atoms with E-state index < -0.39 is 17.7 Å². The Hall–Kier alpha value is -2.64. The number of amides is 1. The summed E-state index contributed by atoms with van der Waals surface area (Å²) >= 11 is 0. The minimum absolute atomic E-state index is 0.0397. The second-order valence-corrected chi connectivity index (χ2v) is 5.71. The van der Waals surface area contributed by atoms with Crippen molar-refractivity contribution >= 4 is 23.5 Å². The Kier molecular flexibility index (Phi) is 4.03. The number of aromatic nitrogens is 3. The summed E-state index contributed by atoms with van der Waals surface area (Å²) in [5.41, 5.74) is 0.176. The van der Waals surface area contributed by atoms with Crippen LogP contribution in [0.1, 0.15) is 43.9 Å².